The Balaban J connectivity index is 1.40. The summed E-state index contributed by atoms with van der Waals surface area (Å²) in [5.74, 6) is 1.26. The van der Waals surface area contributed by atoms with E-state index in [0.29, 0.717) is 37.7 Å². The second-order valence-electron chi connectivity index (χ2n) is 7.13. The van der Waals surface area contributed by atoms with Gasteiger partial charge in [0, 0.05) is 50.9 Å². The lowest BCUT2D eigenvalue weighted by molar-refractivity contribution is -0.117. The lowest BCUT2D eigenvalue weighted by atomic mass is 10.2. The number of nitrogens with one attached hydrogen (secondary N) is 3. The summed E-state index contributed by atoms with van der Waals surface area (Å²) in [5.41, 5.74) is 2.88. The SMILES string of the molecule is CN=C(NCCC(=O)Nc1cccc(C)n1)NCc1ccc(N2CCCC2=O)cc1. The Bertz CT molecular complexity index is 910. The number of hydrogen-bond donors (Lipinski definition) is 3. The van der Waals surface area contributed by atoms with E-state index in [1.165, 1.54) is 0 Å². The molecule has 0 spiro atoms. The minimum absolute atomic E-state index is 0.108. The van der Waals surface area contributed by atoms with E-state index in [9.17, 15) is 9.59 Å². The fourth-order valence-corrected chi connectivity index (χ4v) is 3.23. The van der Waals surface area contributed by atoms with Crippen LogP contribution in [0.2, 0.25) is 0 Å². The minimum Gasteiger partial charge on any atom is -0.356 e. The highest BCUT2D eigenvalue weighted by molar-refractivity contribution is 5.95. The Labute approximate surface area is 176 Å². The topological polar surface area (TPSA) is 98.7 Å². The highest BCUT2D eigenvalue weighted by atomic mass is 16.2. The van der Waals surface area contributed by atoms with Gasteiger partial charge in [0.25, 0.3) is 0 Å². The average Bonchev–Trinajstić information content (AvgIpc) is 3.17. The maximum absolute atomic E-state index is 12.1. The molecular formula is C22H28N6O2. The fourth-order valence-electron chi connectivity index (χ4n) is 3.23. The van der Waals surface area contributed by atoms with Crippen molar-refractivity contribution < 1.29 is 9.59 Å². The van der Waals surface area contributed by atoms with Crippen LogP contribution in [-0.2, 0) is 16.1 Å². The van der Waals surface area contributed by atoms with Gasteiger partial charge in [0.1, 0.15) is 5.82 Å². The molecule has 30 heavy (non-hydrogen) atoms. The maximum Gasteiger partial charge on any atom is 0.227 e. The van der Waals surface area contributed by atoms with Gasteiger partial charge >= 0.3 is 0 Å². The number of aliphatic imine (C=N–C) groups is 1. The van der Waals surface area contributed by atoms with E-state index in [2.05, 4.69) is 25.9 Å². The van der Waals surface area contributed by atoms with Crippen LogP contribution in [0.25, 0.3) is 0 Å². The molecule has 2 heterocycles. The number of hydrogen-bond acceptors (Lipinski definition) is 4. The van der Waals surface area contributed by atoms with Crippen LogP contribution in [0.5, 0.6) is 0 Å². The molecule has 0 aliphatic carbocycles. The summed E-state index contributed by atoms with van der Waals surface area (Å²) in [7, 11) is 1.69. The van der Waals surface area contributed by atoms with E-state index < -0.39 is 0 Å². The van der Waals surface area contributed by atoms with Gasteiger partial charge in [0.2, 0.25) is 11.8 Å². The van der Waals surface area contributed by atoms with Crippen molar-refractivity contribution in [3.05, 3.63) is 53.7 Å². The number of aryl methyl sites for hydroxylation is 1. The molecule has 8 nitrogen and oxygen atoms in total. The first-order valence-electron chi connectivity index (χ1n) is 10.1. The molecule has 1 saturated heterocycles. The number of carbonyl (C=O) groups is 2. The number of nitrogens with zero attached hydrogens (tertiary/aromatic N) is 3. The predicted molar refractivity (Wildman–Crippen MR) is 118 cm³/mol. The molecule has 2 amide bonds. The monoisotopic (exact) mass is 408 g/mol. The highest BCUT2D eigenvalue weighted by Crippen LogP contribution is 2.21. The number of guanidine groups is 1. The van der Waals surface area contributed by atoms with Gasteiger partial charge in [-0.15, -0.1) is 0 Å². The zero-order chi connectivity index (χ0) is 21.3. The van der Waals surface area contributed by atoms with E-state index >= 15 is 0 Å². The van der Waals surface area contributed by atoms with Crippen molar-refractivity contribution in [3.63, 3.8) is 0 Å². The van der Waals surface area contributed by atoms with Crippen LogP contribution in [-0.4, -0.2) is 42.9 Å². The van der Waals surface area contributed by atoms with Crippen molar-refractivity contribution in [2.45, 2.75) is 32.7 Å². The second-order valence-corrected chi connectivity index (χ2v) is 7.13. The van der Waals surface area contributed by atoms with Crippen molar-refractivity contribution in [2.24, 2.45) is 4.99 Å². The van der Waals surface area contributed by atoms with E-state index in [0.717, 1.165) is 29.9 Å². The molecule has 0 unspecified atom stereocenters. The molecule has 2 aromatic rings. The maximum atomic E-state index is 12.1. The molecular weight excluding hydrogens is 380 g/mol. The first-order chi connectivity index (χ1) is 14.5. The summed E-state index contributed by atoms with van der Waals surface area (Å²) in [6.45, 7) is 3.72. The normalized spacial score (nSPS) is 14.0. The van der Waals surface area contributed by atoms with Crippen LogP contribution >= 0.6 is 0 Å². The Morgan fingerprint density at radius 2 is 1.97 bits per heavy atom. The van der Waals surface area contributed by atoms with Crippen molar-refractivity contribution in [1.29, 1.82) is 0 Å². The number of rotatable bonds is 7. The molecule has 0 atom stereocenters. The summed E-state index contributed by atoms with van der Waals surface area (Å²) < 4.78 is 0. The van der Waals surface area contributed by atoms with Crippen molar-refractivity contribution in [2.75, 3.05) is 30.4 Å². The Hall–Kier alpha value is -3.42. The molecule has 0 radical (unpaired) electrons. The van der Waals surface area contributed by atoms with Gasteiger partial charge in [0.15, 0.2) is 5.96 Å². The van der Waals surface area contributed by atoms with Gasteiger partial charge in [-0.2, -0.15) is 0 Å². The van der Waals surface area contributed by atoms with E-state index in [1.807, 2.05) is 48.2 Å². The molecule has 1 aromatic heterocycles. The Morgan fingerprint density at radius 3 is 2.63 bits per heavy atom. The molecule has 1 aliphatic rings. The van der Waals surface area contributed by atoms with Gasteiger partial charge < -0.3 is 20.9 Å². The molecule has 1 fully saturated rings. The lowest BCUT2D eigenvalue weighted by Gasteiger charge is -2.16. The molecule has 158 valence electrons. The number of carbonyl (C=O) groups excluding carboxylic acids is 2. The van der Waals surface area contributed by atoms with Crippen LogP contribution in [0.4, 0.5) is 11.5 Å². The van der Waals surface area contributed by atoms with E-state index in [4.69, 9.17) is 0 Å². The van der Waals surface area contributed by atoms with Crippen molar-refractivity contribution >= 4 is 29.3 Å². The third-order valence-electron chi connectivity index (χ3n) is 4.81. The van der Waals surface area contributed by atoms with Crippen molar-refractivity contribution in [3.8, 4) is 0 Å². The van der Waals surface area contributed by atoms with E-state index in [1.54, 1.807) is 13.1 Å². The van der Waals surface area contributed by atoms with Gasteiger partial charge in [-0.1, -0.05) is 18.2 Å². The smallest absolute Gasteiger partial charge is 0.227 e. The van der Waals surface area contributed by atoms with Crippen LogP contribution in [0, 0.1) is 6.92 Å². The molecule has 3 N–H and O–H groups in total. The van der Waals surface area contributed by atoms with Crippen LogP contribution in [0.3, 0.4) is 0 Å². The molecule has 1 aliphatic heterocycles. The third-order valence-corrected chi connectivity index (χ3v) is 4.81. The largest absolute Gasteiger partial charge is 0.356 e. The molecule has 3 rings (SSSR count). The van der Waals surface area contributed by atoms with Crippen molar-refractivity contribution in [1.82, 2.24) is 15.6 Å². The predicted octanol–water partition coefficient (Wildman–Crippen LogP) is 2.21. The Kier molecular flexibility index (Phi) is 7.37. The molecule has 0 saturated carbocycles. The molecule has 0 bridgehead atoms. The first kappa shape index (κ1) is 21.3. The zero-order valence-corrected chi connectivity index (χ0v) is 17.4. The number of amides is 2. The van der Waals surface area contributed by atoms with E-state index in [-0.39, 0.29) is 11.8 Å². The average molecular weight is 409 g/mol. The van der Waals surface area contributed by atoms with Gasteiger partial charge in [-0.05, 0) is 43.2 Å². The van der Waals surface area contributed by atoms with Gasteiger partial charge in [-0.25, -0.2) is 4.98 Å². The first-order valence-corrected chi connectivity index (χ1v) is 10.1. The quantitative estimate of drug-likeness (QED) is 0.482. The van der Waals surface area contributed by atoms with Crippen LogP contribution < -0.4 is 20.9 Å². The summed E-state index contributed by atoms with van der Waals surface area (Å²) in [6, 6.07) is 13.5. The number of aromatic nitrogens is 1. The van der Waals surface area contributed by atoms with Gasteiger partial charge in [-0.3, -0.25) is 14.6 Å². The number of anilines is 2. The standard InChI is InChI=1S/C22H28N6O2/c1-16-5-3-6-19(26-16)27-20(29)12-13-24-22(23-2)25-15-17-8-10-18(11-9-17)28-14-4-7-21(28)30/h3,5-6,8-11H,4,7,12-15H2,1-2H3,(H2,23,24,25)(H,26,27,29). The zero-order valence-electron chi connectivity index (χ0n) is 17.4. The van der Waals surface area contributed by atoms with Crippen LogP contribution in [0.15, 0.2) is 47.5 Å². The highest BCUT2D eigenvalue weighted by Gasteiger charge is 2.21. The summed E-state index contributed by atoms with van der Waals surface area (Å²) in [4.78, 5) is 34.2. The number of benzene rings is 1. The number of pyridine rings is 1. The molecule has 8 heteroatoms. The van der Waals surface area contributed by atoms with Crippen LogP contribution in [0.1, 0.15) is 30.5 Å². The third kappa shape index (κ3) is 6.04. The molecule has 1 aromatic carbocycles. The Morgan fingerprint density at radius 1 is 1.17 bits per heavy atom. The minimum atomic E-state index is -0.108. The summed E-state index contributed by atoms with van der Waals surface area (Å²) in [5, 5.41) is 9.15. The summed E-state index contributed by atoms with van der Waals surface area (Å²) in [6.07, 6.45) is 1.85. The fraction of sp³-hybridized carbons (Fsp3) is 0.364. The second kappa shape index (κ2) is 10.4. The van der Waals surface area contributed by atoms with Gasteiger partial charge in [0.05, 0.1) is 0 Å². The lowest BCUT2D eigenvalue weighted by Crippen LogP contribution is -2.38. The summed E-state index contributed by atoms with van der Waals surface area (Å²) >= 11 is 0.